The summed E-state index contributed by atoms with van der Waals surface area (Å²) in [4.78, 5) is 12.1. The van der Waals surface area contributed by atoms with Gasteiger partial charge in [0.2, 0.25) is 0 Å². The van der Waals surface area contributed by atoms with E-state index in [1.807, 2.05) is 37.3 Å². The molecule has 0 fully saturated rings. The molecule has 1 N–H and O–H groups in total. The minimum Gasteiger partial charge on any atom is -0.294 e. The summed E-state index contributed by atoms with van der Waals surface area (Å²) >= 11 is 0. The first kappa shape index (κ1) is 11.7. The van der Waals surface area contributed by atoms with E-state index in [4.69, 9.17) is 0 Å². The molecule has 1 unspecified atom stereocenters. The van der Waals surface area contributed by atoms with Crippen molar-refractivity contribution in [3.63, 3.8) is 0 Å². The highest BCUT2D eigenvalue weighted by atomic mass is 16.1. The van der Waals surface area contributed by atoms with Crippen LogP contribution in [-0.4, -0.2) is 9.78 Å². The molecule has 17 heavy (non-hydrogen) atoms. The van der Waals surface area contributed by atoms with Gasteiger partial charge in [-0.25, -0.2) is 4.68 Å². The Kier molecular flexibility index (Phi) is 3.18. The van der Waals surface area contributed by atoms with Crippen molar-refractivity contribution < 1.29 is 0 Å². The van der Waals surface area contributed by atoms with Crippen molar-refractivity contribution in [2.45, 2.75) is 33.1 Å². The number of H-pyrrole nitrogens is 1. The van der Waals surface area contributed by atoms with E-state index in [9.17, 15) is 4.79 Å². The highest BCUT2D eigenvalue weighted by molar-refractivity contribution is 5.33. The molecule has 2 aromatic rings. The summed E-state index contributed by atoms with van der Waals surface area (Å²) < 4.78 is 1.62. The van der Waals surface area contributed by atoms with Crippen LogP contribution in [0.15, 0.2) is 35.1 Å². The lowest BCUT2D eigenvalue weighted by molar-refractivity contribution is 0.684. The summed E-state index contributed by atoms with van der Waals surface area (Å²) in [5, 5.41) is 3.22. The Morgan fingerprint density at radius 3 is 2.53 bits per heavy atom. The normalized spacial score (nSPS) is 12.6. The third-order valence-electron chi connectivity index (χ3n) is 3.28. The van der Waals surface area contributed by atoms with Gasteiger partial charge in [-0.3, -0.25) is 9.89 Å². The number of hydrogen-bond acceptors (Lipinski definition) is 1. The lowest BCUT2D eigenvalue weighted by Gasteiger charge is -2.06. The summed E-state index contributed by atoms with van der Waals surface area (Å²) in [6.45, 7) is 6.15. The van der Waals surface area contributed by atoms with E-state index < -0.39 is 0 Å². The van der Waals surface area contributed by atoms with Crippen molar-refractivity contribution >= 4 is 0 Å². The van der Waals surface area contributed by atoms with E-state index in [-0.39, 0.29) is 5.56 Å². The van der Waals surface area contributed by atoms with Gasteiger partial charge in [0.05, 0.1) is 5.69 Å². The fraction of sp³-hybridized carbons (Fsp3) is 0.357. The first-order valence-electron chi connectivity index (χ1n) is 6.02. The second-order valence-electron chi connectivity index (χ2n) is 4.44. The van der Waals surface area contributed by atoms with Crippen molar-refractivity contribution in [2.24, 2.45) is 0 Å². The molecule has 0 aliphatic heterocycles. The summed E-state index contributed by atoms with van der Waals surface area (Å²) in [6, 6.07) is 9.66. The van der Waals surface area contributed by atoms with Crippen LogP contribution in [0.2, 0.25) is 0 Å². The molecule has 0 radical (unpaired) electrons. The predicted octanol–water partition coefficient (Wildman–Crippen LogP) is 2.99. The standard InChI is InChI=1S/C14H18N2O/c1-4-10(2)13-11(3)14(17)16(15-13)12-8-6-5-7-9-12/h5-10,15H,4H2,1-3H3. The Morgan fingerprint density at radius 1 is 1.29 bits per heavy atom. The molecular weight excluding hydrogens is 212 g/mol. The molecule has 0 saturated heterocycles. The monoisotopic (exact) mass is 230 g/mol. The molecule has 0 aliphatic carbocycles. The highest BCUT2D eigenvalue weighted by Gasteiger charge is 2.15. The first-order valence-corrected chi connectivity index (χ1v) is 6.02. The van der Waals surface area contributed by atoms with Crippen molar-refractivity contribution in [2.75, 3.05) is 0 Å². The van der Waals surface area contributed by atoms with Gasteiger partial charge in [-0.2, -0.15) is 0 Å². The van der Waals surface area contributed by atoms with E-state index in [2.05, 4.69) is 18.9 Å². The minimum atomic E-state index is 0.0477. The zero-order valence-corrected chi connectivity index (χ0v) is 10.5. The van der Waals surface area contributed by atoms with Gasteiger partial charge in [0, 0.05) is 11.3 Å². The maximum atomic E-state index is 12.1. The number of hydrogen-bond donors (Lipinski definition) is 1. The Bertz CT molecular complexity index is 551. The fourth-order valence-corrected chi connectivity index (χ4v) is 1.98. The van der Waals surface area contributed by atoms with Gasteiger partial charge < -0.3 is 0 Å². The maximum Gasteiger partial charge on any atom is 0.274 e. The Balaban J connectivity index is 2.55. The maximum absolute atomic E-state index is 12.1. The second-order valence-corrected chi connectivity index (χ2v) is 4.44. The third-order valence-corrected chi connectivity index (χ3v) is 3.28. The number of para-hydroxylation sites is 1. The summed E-state index contributed by atoms with van der Waals surface area (Å²) in [5.74, 6) is 0.382. The number of benzene rings is 1. The SMILES string of the molecule is CCC(C)c1[nH]n(-c2ccccc2)c(=O)c1C. The molecular formula is C14H18N2O. The smallest absolute Gasteiger partial charge is 0.274 e. The molecule has 1 heterocycles. The number of rotatable bonds is 3. The van der Waals surface area contributed by atoms with Crippen LogP contribution in [-0.2, 0) is 0 Å². The molecule has 0 aliphatic rings. The quantitative estimate of drug-likeness (QED) is 0.864. The summed E-state index contributed by atoms with van der Waals surface area (Å²) in [5.41, 5.74) is 2.80. The van der Waals surface area contributed by atoms with Gasteiger partial charge in [0.1, 0.15) is 0 Å². The molecule has 0 amide bonds. The van der Waals surface area contributed by atoms with Crippen LogP contribution in [0.3, 0.4) is 0 Å². The van der Waals surface area contributed by atoms with E-state index >= 15 is 0 Å². The van der Waals surface area contributed by atoms with Crippen molar-refractivity contribution in [3.05, 3.63) is 51.9 Å². The minimum absolute atomic E-state index is 0.0477. The van der Waals surface area contributed by atoms with Crippen molar-refractivity contribution in [3.8, 4) is 5.69 Å². The van der Waals surface area contributed by atoms with Gasteiger partial charge in [0.15, 0.2) is 0 Å². The van der Waals surface area contributed by atoms with Crippen molar-refractivity contribution in [1.29, 1.82) is 0 Å². The highest BCUT2D eigenvalue weighted by Crippen LogP contribution is 2.19. The van der Waals surface area contributed by atoms with Gasteiger partial charge in [0.25, 0.3) is 5.56 Å². The number of aromatic nitrogens is 2. The Labute approximate surface area is 101 Å². The largest absolute Gasteiger partial charge is 0.294 e. The van der Waals surface area contributed by atoms with Crippen LogP contribution >= 0.6 is 0 Å². The fourth-order valence-electron chi connectivity index (χ4n) is 1.98. The van der Waals surface area contributed by atoms with Gasteiger partial charge in [-0.05, 0) is 31.4 Å². The average molecular weight is 230 g/mol. The van der Waals surface area contributed by atoms with E-state index in [1.54, 1.807) is 4.68 Å². The van der Waals surface area contributed by atoms with E-state index in [0.717, 1.165) is 23.4 Å². The molecule has 0 spiro atoms. The van der Waals surface area contributed by atoms with E-state index in [1.165, 1.54) is 0 Å². The van der Waals surface area contributed by atoms with Crippen molar-refractivity contribution in [1.82, 2.24) is 9.78 Å². The first-order chi connectivity index (χ1) is 8.15. The molecule has 1 aromatic heterocycles. The summed E-state index contributed by atoms with van der Waals surface area (Å²) in [7, 11) is 0. The molecule has 0 bridgehead atoms. The lowest BCUT2D eigenvalue weighted by Crippen LogP contribution is -2.15. The van der Waals surface area contributed by atoms with Crippen LogP contribution in [0, 0.1) is 6.92 Å². The van der Waals surface area contributed by atoms with Gasteiger partial charge >= 0.3 is 0 Å². The Morgan fingerprint density at radius 2 is 1.94 bits per heavy atom. The van der Waals surface area contributed by atoms with E-state index in [0.29, 0.717) is 5.92 Å². The topological polar surface area (TPSA) is 37.8 Å². The van der Waals surface area contributed by atoms with Crippen LogP contribution in [0.1, 0.15) is 37.4 Å². The molecule has 0 saturated carbocycles. The zero-order valence-electron chi connectivity index (χ0n) is 10.5. The van der Waals surface area contributed by atoms with Crippen LogP contribution < -0.4 is 5.56 Å². The molecule has 90 valence electrons. The predicted molar refractivity (Wildman–Crippen MR) is 69.8 cm³/mol. The molecule has 1 aromatic carbocycles. The lowest BCUT2D eigenvalue weighted by atomic mass is 10.0. The van der Waals surface area contributed by atoms with Crippen LogP contribution in [0.25, 0.3) is 5.69 Å². The second kappa shape index (κ2) is 4.62. The molecule has 1 atom stereocenters. The third kappa shape index (κ3) is 2.05. The molecule has 2 rings (SSSR count). The zero-order chi connectivity index (χ0) is 12.4. The average Bonchev–Trinajstić information content (AvgIpc) is 2.67. The summed E-state index contributed by atoms with van der Waals surface area (Å²) in [6.07, 6.45) is 1.02. The molecule has 3 heteroatoms. The number of nitrogens with one attached hydrogen (secondary N) is 1. The van der Waals surface area contributed by atoms with Gasteiger partial charge in [-0.1, -0.05) is 32.0 Å². The van der Waals surface area contributed by atoms with Crippen LogP contribution in [0.5, 0.6) is 0 Å². The van der Waals surface area contributed by atoms with Gasteiger partial charge in [-0.15, -0.1) is 0 Å². The number of nitrogens with zero attached hydrogens (tertiary/aromatic N) is 1. The number of aromatic amines is 1. The van der Waals surface area contributed by atoms with Crippen LogP contribution in [0.4, 0.5) is 0 Å². The Hall–Kier alpha value is -1.77. The molecule has 3 nitrogen and oxygen atoms in total.